The van der Waals surface area contributed by atoms with E-state index in [9.17, 15) is 9.59 Å². The molecule has 2 aromatic heterocycles. The number of furan rings is 2. The Morgan fingerprint density at radius 1 is 0.870 bits per heavy atom. The van der Waals surface area contributed by atoms with E-state index < -0.39 is 0 Å². The van der Waals surface area contributed by atoms with Crippen molar-refractivity contribution in [3.8, 4) is 0 Å². The van der Waals surface area contributed by atoms with Crippen molar-refractivity contribution in [1.29, 1.82) is 0 Å². The van der Waals surface area contributed by atoms with Crippen molar-refractivity contribution in [1.82, 2.24) is 0 Å². The number of nitrogens with one attached hydrogen (secondary N) is 2. The summed E-state index contributed by atoms with van der Waals surface area (Å²) in [7, 11) is 0. The van der Waals surface area contributed by atoms with Crippen LogP contribution in [0.5, 0.6) is 0 Å². The Kier molecular flexibility index (Phi) is 4.47. The van der Waals surface area contributed by atoms with Gasteiger partial charge in [0.2, 0.25) is 0 Å². The van der Waals surface area contributed by atoms with Gasteiger partial charge in [-0.15, -0.1) is 0 Å². The largest absolute Gasteiger partial charge is 0.459 e. The Hall–Kier alpha value is -2.55. The summed E-state index contributed by atoms with van der Waals surface area (Å²) in [6.07, 6.45) is 2.86. The maximum atomic E-state index is 12.0. The first-order valence-corrected chi connectivity index (χ1v) is 7.70. The van der Waals surface area contributed by atoms with E-state index in [0.717, 1.165) is 3.57 Å². The molecule has 3 aromatic rings. The number of carbonyl (C=O) groups is 2. The molecule has 0 saturated heterocycles. The SMILES string of the molecule is O=C(Nc1ccc(I)c(NC(=O)c2ccco2)c1)c1ccco1. The van der Waals surface area contributed by atoms with E-state index in [-0.39, 0.29) is 23.3 Å². The van der Waals surface area contributed by atoms with Crippen LogP contribution in [-0.4, -0.2) is 11.8 Å². The average molecular weight is 422 g/mol. The van der Waals surface area contributed by atoms with Crippen molar-refractivity contribution < 1.29 is 18.4 Å². The van der Waals surface area contributed by atoms with Gasteiger partial charge in [-0.05, 0) is 65.1 Å². The molecule has 0 spiro atoms. The molecule has 0 aliphatic heterocycles. The van der Waals surface area contributed by atoms with E-state index >= 15 is 0 Å². The molecule has 3 rings (SSSR count). The van der Waals surface area contributed by atoms with Gasteiger partial charge in [0.15, 0.2) is 11.5 Å². The Bertz CT molecular complexity index is 826. The van der Waals surface area contributed by atoms with Crippen molar-refractivity contribution >= 4 is 45.8 Å². The molecule has 0 unspecified atom stereocenters. The maximum absolute atomic E-state index is 12.0. The Labute approximate surface area is 145 Å². The summed E-state index contributed by atoms with van der Waals surface area (Å²) in [6, 6.07) is 11.6. The van der Waals surface area contributed by atoms with Crippen LogP contribution in [0.3, 0.4) is 0 Å². The number of amides is 2. The molecule has 6 nitrogen and oxygen atoms in total. The van der Waals surface area contributed by atoms with Gasteiger partial charge in [-0.3, -0.25) is 9.59 Å². The highest BCUT2D eigenvalue weighted by molar-refractivity contribution is 14.1. The number of anilines is 2. The number of hydrogen-bond donors (Lipinski definition) is 2. The molecule has 0 aliphatic carbocycles. The van der Waals surface area contributed by atoms with Crippen molar-refractivity contribution in [2.75, 3.05) is 10.6 Å². The second-order valence-electron chi connectivity index (χ2n) is 4.56. The van der Waals surface area contributed by atoms with Crippen LogP contribution < -0.4 is 10.6 Å². The van der Waals surface area contributed by atoms with Crippen LogP contribution >= 0.6 is 22.6 Å². The third-order valence-corrected chi connectivity index (χ3v) is 3.90. The standard InChI is InChI=1S/C16H11IN2O4/c17-11-6-5-10(18-15(20)13-3-1-7-22-13)9-12(11)19-16(21)14-4-2-8-23-14/h1-9H,(H,18,20)(H,19,21). The number of carbonyl (C=O) groups excluding carboxylic acids is 2. The van der Waals surface area contributed by atoms with Gasteiger partial charge >= 0.3 is 0 Å². The van der Waals surface area contributed by atoms with Crippen molar-refractivity contribution in [3.63, 3.8) is 0 Å². The van der Waals surface area contributed by atoms with Crippen LogP contribution in [0.15, 0.2) is 63.8 Å². The Morgan fingerprint density at radius 3 is 2.04 bits per heavy atom. The van der Waals surface area contributed by atoms with E-state index in [2.05, 4.69) is 33.2 Å². The molecule has 0 bridgehead atoms. The third-order valence-electron chi connectivity index (χ3n) is 2.96. The molecular weight excluding hydrogens is 411 g/mol. The fourth-order valence-electron chi connectivity index (χ4n) is 1.89. The lowest BCUT2D eigenvalue weighted by Crippen LogP contribution is -2.14. The van der Waals surface area contributed by atoms with Gasteiger partial charge in [-0.25, -0.2) is 0 Å². The first-order chi connectivity index (χ1) is 11.1. The summed E-state index contributed by atoms with van der Waals surface area (Å²) >= 11 is 2.10. The summed E-state index contributed by atoms with van der Waals surface area (Å²) in [5.41, 5.74) is 1.12. The molecule has 2 N–H and O–H groups in total. The van der Waals surface area contributed by atoms with Crippen LogP contribution in [0.1, 0.15) is 21.1 Å². The molecule has 0 fully saturated rings. The van der Waals surface area contributed by atoms with Gasteiger partial charge in [0, 0.05) is 9.26 Å². The van der Waals surface area contributed by atoms with E-state index in [4.69, 9.17) is 8.83 Å². The second kappa shape index (κ2) is 6.69. The molecular formula is C16H11IN2O4. The maximum Gasteiger partial charge on any atom is 0.291 e. The van der Waals surface area contributed by atoms with E-state index in [1.54, 1.807) is 42.5 Å². The minimum atomic E-state index is -0.362. The predicted molar refractivity (Wildman–Crippen MR) is 92.5 cm³/mol. The quantitative estimate of drug-likeness (QED) is 0.623. The monoisotopic (exact) mass is 422 g/mol. The highest BCUT2D eigenvalue weighted by atomic mass is 127. The topological polar surface area (TPSA) is 84.5 Å². The molecule has 2 amide bonds. The minimum absolute atomic E-state index is 0.213. The number of benzene rings is 1. The molecule has 116 valence electrons. The smallest absolute Gasteiger partial charge is 0.291 e. The van der Waals surface area contributed by atoms with Crippen LogP contribution in [0.2, 0.25) is 0 Å². The van der Waals surface area contributed by atoms with Gasteiger partial charge in [-0.2, -0.15) is 0 Å². The summed E-state index contributed by atoms with van der Waals surface area (Å²) in [4.78, 5) is 24.0. The van der Waals surface area contributed by atoms with Crippen LogP contribution in [-0.2, 0) is 0 Å². The van der Waals surface area contributed by atoms with E-state index in [1.165, 1.54) is 12.5 Å². The molecule has 0 saturated carbocycles. The summed E-state index contributed by atoms with van der Waals surface area (Å²) < 4.78 is 10.9. The fraction of sp³-hybridized carbons (Fsp3) is 0. The van der Waals surface area contributed by atoms with Gasteiger partial charge in [0.25, 0.3) is 11.8 Å². The highest BCUT2D eigenvalue weighted by Crippen LogP contribution is 2.24. The van der Waals surface area contributed by atoms with E-state index in [0.29, 0.717) is 11.4 Å². The fourth-order valence-corrected chi connectivity index (χ4v) is 2.36. The summed E-state index contributed by atoms with van der Waals surface area (Å²) in [6.45, 7) is 0. The highest BCUT2D eigenvalue weighted by Gasteiger charge is 2.13. The second-order valence-corrected chi connectivity index (χ2v) is 5.72. The van der Waals surface area contributed by atoms with Gasteiger partial charge in [0.05, 0.1) is 18.2 Å². The Balaban J connectivity index is 1.76. The number of halogens is 1. The van der Waals surface area contributed by atoms with Crippen molar-refractivity contribution in [3.05, 3.63) is 70.1 Å². The molecule has 1 aromatic carbocycles. The molecule has 0 radical (unpaired) electrons. The summed E-state index contributed by atoms with van der Waals surface area (Å²) in [5, 5.41) is 5.46. The zero-order chi connectivity index (χ0) is 16.2. The minimum Gasteiger partial charge on any atom is -0.459 e. The van der Waals surface area contributed by atoms with Crippen molar-refractivity contribution in [2.24, 2.45) is 0 Å². The molecule has 0 atom stereocenters. The van der Waals surface area contributed by atoms with Gasteiger partial charge < -0.3 is 19.5 Å². The van der Waals surface area contributed by atoms with Gasteiger partial charge in [-0.1, -0.05) is 0 Å². The van der Waals surface area contributed by atoms with Gasteiger partial charge in [0.1, 0.15) is 0 Å². The Morgan fingerprint density at radius 2 is 1.48 bits per heavy atom. The summed E-state index contributed by atoms with van der Waals surface area (Å²) in [5.74, 6) is -0.294. The first kappa shape index (κ1) is 15.3. The number of rotatable bonds is 4. The zero-order valence-electron chi connectivity index (χ0n) is 11.7. The normalized spacial score (nSPS) is 10.3. The van der Waals surface area contributed by atoms with E-state index in [1.807, 2.05) is 0 Å². The number of hydrogen-bond acceptors (Lipinski definition) is 4. The average Bonchev–Trinajstić information content (AvgIpc) is 3.23. The van der Waals surface area contributed by atoms with Crippen LogP contribution in [0.25, 0.3) is 0 Å². The lowest BCUT2D eigenvalue weighted by molar-refractivity contribution is 0.0990. The van der Waals surface area contributed by atoms with Crippen molar-refractivity contribution in [2.45, 2.75) is 0 Å². The molecule has 2 heterocycles. The lowest BCUT2D eigenvalue weighted by Gasteiger charge is -2.09. The zero-order valence-corrected chi connectivity index (χ0v) is 13.9. The predicted octanol–water partition coefficient (Wildman–Crippen LogP) is 3.98. The van der Waals surface area contributed by atoms with Crippen LogP contribution in [0.4, 0.5) is 11.4 Å². The third kappa shape index (κ3) is 3.62. The molecule has 7 heteroatoms. The van der Waals surface area contributed by atoms with Crippen LogP contribution in [0, 0.1) is 3.57 Å². The lowest BCUT2D eigenvalue weighted by atomic mass is 10.2. The first-order valence-electron chi connectivity index (χ1n) is 6.63. The molecule has 0 aliphatic rings. The molecule has 23 heavy (non-hydrogen) atoms.